The molecule has 0 saturated carbocycles. The lowest BCUT2D eigenvalue weighted by Crippen LogP contribution is -2.62. The average molecular weight is 395 g/mol. The Morgan fingerprint density at radius 1 is 1.04 bits per heavy atom. The van der Waals surface area contributed by atoms with Crippen LogP contribution < -0.4 is 0 Å². The summed E-state index contributed by atoms with van der Waals surface area (Å²) in [6.45, 7) is 0.348. The second-order valence-electron chi connectivity index (χ2n) is 7.06. The number of fused-ring (bicyclic) bond motifs is 1. The van der Waals surface area contributed by atoms with Gasteiger partial charge in [0.15, 0.2) is 0 Å². The van der Waals surface area contributed by atoms with Gasteiger partial charge in [-0.15, -0.1) is 0 Å². The Bertz CT molecular complexity index is 866. The number of carbonyl (C=O) groups excluding carboxylic acids is 2. The van der Waals surface area contributed by atoms with Crippen molar-refractivity contribution in [1.29, 1.82) is 0 Å². The fourth-order valence-corrected chi connectivity index (χ4v) is 5.72. The summed E-state index contributed by atoms with van der Waals surface area (Å²) in [7, 11) is -3.50. The molecule has 0 spiro atoms. The Hall–Kier alpha value is -1.70. The first-order valence-corrected chi connectivity index (χ1v) is 10.6. The van der Waals surface area contributed by atoms with Crippen molar-refractivity contribution < 1.29 is 18.0 Å². The molecule has 2 amide bonds. The number of imide groups is 1. The monoisotopic (exact) mass is 394 g/mol. The van der Waals surface area contributed by atoms with Gasteiger partial charge in [-0.1, -0.05) is 35.9 Å². The summed E-state index contributed by atoms with van der Waals surface area (Å²) in [5.41, 5.74) is 0.617. The Morgan fingerprint density at radius 3 is 2.23 bits per heavy atom. The van der Waals surface area contributed by atoms with Gasteiger partial charge in [-0.2, -0.15) is 4.31 Å². The first-order valence-electron chi connectivity index (χ1n) is 8.61. The third-order valence-corrected chi connectivity index (χ3v) is 7.39. The summed E-state index contributed by atoms with van der Waals surface area (Å²) in [4.78, 5) is 26.4. The van der Waals surface area contributed by atoms with Crippen LogP contribution in [-0.4, -0.2) is 48.6 Å². The Morgan fingerprint density at radius 2 is 1.65 bits per heavy atom. The van der Waals surface area contributed by atoms with E-state index in [0.717, 1.165) is 0 Å². The average Bonchev–Trinajstić information content (AvgIpc) is 2.79. The van der Waals surface area contributed by atoms with Crippen molar-refractivity contribution in [3.63, 3.8) is 0 Å². The van der Waals surface area contributed by atoms with E-state index in [4.69, 9.17) is 11.6 Å². The molecule has 2 fully saturated rings. The number of rotatable bonds is 4. The minimum Gasteiger partial charge on any atom is -0.276 e. The van der Waals surface area contributed by atoms with Gasteiger partial charge in [0.25, 0.3) is 0 Å². The molecule has 4 rings (SSSR count). The summed E-state index contributed by atoms with van der Waals surface area (Å²) in [5.74, 6) is -0.992. The van der Waals surface area contributed by atoms with E-state index >= 15 is 0 Å². The van der Waals surface area contributed by atoms with Crippen LogP contribution in [0.4, 0.5) is 0 Å². The van der Waals surface area contributed by atoms with Crippen LogP contribution in [0.3, 0.4) is 0 Å². The topological polar surface area (TPSA) is 74.8 Å². The van der Waals surface area contributed by atoms with Crippen LogP contribution in [0.2, 0.25) is 5.02 Å². The third kappa shape index (κ3) is 2.98. The molecular formula is C18H19ClN2O4S. The molecule has 0 bridgehead atoms. The summed E-state index contributed by atoms with van der Waals surface area (Å²) in [5, 5.41) is 0.490. The van der Waals surface area contributed by atoms with Crippen LogP contribution in [-0.2, 0) is 25.4 Å². The molecule has 1 aromatic carbocycles. The number of hydrogen-bond donors (Lipinski definition) is 0. The van der Waals surface area contributed by atoms with Gasteiger partial charge in [-0.25, -0.2) is 8.42 Å². The van der Waals surface area contributed by atoms with Crippen molar-refractivity contribution >= 4 is 33.4 Å². The van der Waals surface area contributed by atoms with E-state index in [9.17, 15) is 18.0 Å². The highest BCUT2D eigenvalue weighted by molar-refractivity contribution is 7.88. The predicted molar refractivity (Wildman–Crippen MR) is 96.6 cm³/mol. The number of halogens is 1. The van der Waals surface area contributed by atoms with Crippen LogP contribution >= 0.6 is 11.6 Å². The molecule has 8 heteroatoms. The molecule has 2 saturated heterocycles. The maximum Gasteiger partial charge on any atom is 0.233 e. The maximum absolute atomic E-state index is 12.6. The maximum atomic E-state index is 12.6. The van der Waals surface area contributed by atoms with Gasteiger partial charge in [0.05, 0.1) is 23.6 Å². The van der Waals surface area contributed by atoms with Crippen molar-refractivity contribution in [2.45, 2.75) is 24.6 Å². The SMILES string of the molecule is O=C1C2CC=CCC2C(=O)N1C1CN(S(=O)(=O)Cc2cccc(Cl)c2)C1. The number of nitrogens with zero attached hydrogens (tertiary/aromatic N) is 2. The molecule has 2 unspecified atom stereocenters. The van der Waals surface area contributed by atoms with E-state index in [-0.39, 0.29) is 48.5 Å². The number of benzene rings is 1. The van der Waals surface area contributed by atoms with Gasteiger partial charge >= 0.3 is 0 Å². The zero-order valence-electron chi connectivity index (χ0n) is 14.0. The number of hydrogen-bond acceptors (Lipinski definition) is 4. The van der Waals surface area contributed by atoms with Crippen molar-refractivity contribution in [3.05, 3.63) is 47.0 Å². The molecule has 1 aromatic rings. The fraction of sp³-hybridized carbons (Fsp3) is 0.444. The predicted octanol–water partition coefficient (Wildman–Crippen LogP) is 1.81. The first-order chi connectivity index (χ1) is 12.4. The van der Waals surface area contributed by atoms with Crippen molar-refractivity contribution in [2.75, 3.05) is 13.1 Å². The minimum absolute atomic E-state index is 0.142. The molecule has 6 nitrogen and oxygen atoms in total. The van der Waals surface area contributed by atoms with Gasteiger partial charge in [0, 0.05) is 18.1 Å². The van der Waals surface area contributed by atoms with Gasteiger partial charge in [0.1, 0.15) is 0 Å². The molecule has 0 radical (unpaired) electrons. The van der Waals surface area contributed by atoms with Crippen molar-refractivity contribution in [2.24, 2.45) is 11.8 Å². The molecule has 3 aliphatic rings. The van der Waals surface area contributed by atoms with Crippen LogP contribution in [0.1, 0.15) is 18.4 Å². The van der Waals surface area contributed by atoms with Crippen LogP contribution in [0.5, 0.6) is 0 Å². The lowest BCUT2D eigenvalue weighted by Gasteiger charge is -2.42. The number of carbonyl (C=O) groups is 2. The number of likely N-dealkylation sites (tertiary alicyclic amines) is 1. The zero-order chi connectivity index (χ0) is 18.5. The largest absolute Gasteiger partial charge is 0.276 e. The van der Waals surface area contributed by atoms with E-state index in [2.05, 4.69) is 0 Å². The lowest BCUT2D eigenvalue weighted by molar-refractivity contribution is -0.145. The van der Waals surface area contributed by atoms with Gasteiger partial charge in [-0.3, -0.25) is 14.5 Å². The summed E-state index contributed by atoms with van der Waals surface area (Å²) in [6.07, 6.45) is 5.07. The smallest absolute Gasteiger partial charge is 0.233 e. The molecule has 2 atom stereocenters. The van der Waals surface area contributed by atoms with E-state index in [0.29, 0.717) is 23.4 Å². The molecule has 26 heavy (non-hydrogen) atoms. The number of amides is 2. The lowest BCUT2D eigenvalue weighted by atomic mass is 9.85. The van der Waals surface area contributed by atoms with Crippen LogP contribution in [0.25, 0.3) is 0 Å². The minimum atomic E-state index is -3.50. The number of sulfonamides is 1. The van der Waals surface area contributed by atoms with Gasteiger partial charge in [-0.05, 0) is 30.5 Å². The second kappa shape index (κ2) is 6.48. The Labute approximate surface area is 157 Å². The highest BCUT2D eigenvalue weighted by Gasteiger charge is 2.53. The summed E-state index contributed by atoms with van der Waals surface area (Å²) in [6, 6.07) is 6.39. The molecule has 2 heterocycles. The van der Waals surface area contributed by atoms with Crippen LogP contribution in [0.15, 0.2) is 36.4 Å². The van der Waals surface area contributed by atoms with E-state index in [1.807, 2.05) is 12.2 Å². The van der Waals surface area contributed by atoms with E-state index in [1.54, 1.807) is 24.3 Å². The third-order valence-electron chi connectivity index (χ3n) is 5.37. The normalized spacial score (nSPS) is 26.9. The molecule has 2 aliphatic heterocycles. The molecule has 138 valence electrons. The fourth-order valence-electron chi connectivity index (χ4n) is 3.92. The second-order valence-corrected chi connectivity index (χ2v) is 9.46. The van der Waals surface area contributed by atoms with Crippen LogP contribution in [0, 0.1) is 11.8 Å². The van der Waals surface area contributed by atoms with E-state index in [1.165, 1.54) is 9.21 Å². The highest BCUT2D eigenvalue weighted by Crippen LogP contribution is 2.38. The standard InChI is InChI=1S/C18H19ClN2O4S/c19-13-5-3-4-12(8-13)11-26(24,25)20-9-14(10-20)21-17(22)15-6-1-2-7-16(15)18(21)23/h1-5,8,14-16H,6-7,9-11H2. The van der Waals surface area contributed by atoms with Gasteiger partial charge in [0.2, 0.25) is 21.8 Å². The summed E-state index contributed by atoms with van der Waals surface area (Å²) < 4.78 is 26.4. The Kier molecular flexibility index (Phi) is 4.41. The molecular weight excluding hydrogens is 376 g/mol. The zero-order valence-corrected chi connectivity index (χ0v) is 15.6. The Balaban J connectivity index is 1.42. The molecule has 0 N–H and O–H groups in total. The molecule has 0 aromatic heterocycles. The summed E-state index contributed by atoms with van der Waals surface area (Å²) >= 11 is 5.91. The van der Waals surface area contributed by atoms with E-state index < -0.39 is 10.0 Å². The quantitative estimate of drug-likeness (QED) is 0.576. The molecule has 1 aliphatic carbocycles. The number of allylic oxidation sites excluding steroid dienone is 2. The highest BCUT2D eigenvalue weighted by atomic mass is 35.5. The van der Waals surface area contributed by atoms with Crippen molar-refractivity contribution in [3.8, 4) is 0 Å². The van der Waals surface area contributed by atoms with Crippen molar-refractivity contribution in [1.82, 2.24) is 9.21 Å². The van der Waals surface area contributed by atoms with Gasteiger partial charge < -0.3 is 0 Å². The first kappa shape index (κ1) is 17.7.